The third kappa shape index (κ3) is 3.36. The molecule has 5 atom stereocenters. The molecular weight excluding hydrogens is 362 g/mol. The van der Waals surface area contributed by atoms with Crippen molar-refractivity contribution in [2.24, 2.45) is 20.7 Å². The highest BCUT2D eigenvalue weighted by molar-refractivity contribution is 6.47. The lowest BCUT2D eigenvalue weighted by atomic mass is 9.95. The van der Waals surface area contributed by atoms with Gasteiger partial charge in [-0.25, -0.2) is 9.98 Å². The minimum Gasteiger partial charge on any atom is -0.394 e. The Morgan fingerprint density at radius 2 is 2.00 bits per heavy atom. The fourth-order valence-corrected chi connectivity index (χ4v) is 3.86. The molecule has 150 valence electrons. The first kappa shape index (κ1) is 19.2. The van der Waals surface area contributed by atoms with E-state index in [-0.39, 0.29) is 13.3 Å². The lowest BCUT2D eigenvalue weighted by Gasteiger charge is -2.32. The van der Waals surface area contributed by atoms with E-state index in [2.05, 4.69) is 27.1 Å². The van der Waals surface area contributed by atoms with E-state index < -0.39 is 30.2 Å². The van der Waals surface area contributed by atoms with Gasteiger partial charge in [0.1, 0.15) is 37.0 Å². The number of aryl methyl sites for hydroxylation is 1. The molecule has 3 aliphatic heterocycles. The predicted molar refractivity (Wildman–Crippen MR) is 104 cm³/mol. The molecule has 3 heterocycles. The fraction of sp³-hybridized carbons (Fsp3) is 0.526. The van der Waals surface area contributed by atoms with Crippen molar-refractivity contribution in [3.63, 3.8) is 0 Å². The number of aliphatic imine (C=N–C) groups is 3. The van der Waals surface area contributed by atoms with Gasteiger partial charge in [0.2, 0.25) is 0 Å². The van der Waals surface area contributed by atoms with Gasteiger partial charge in [-0.15, -0.1) is 0 Å². The van der Waals surface area contributed by atoms with Crippen molar-refractivity contribution in [2.45, 2.75) is 49.5 Å². The van der Waals surface area contributed by atoms with Crippen LogP contribution in [0.4, 0.5) is 0 Å². The zero-order valence-corrected chi connectivity index (χ0v) is 15.4. The molecule has 1 fully saturated rings. The molecule has 0 bridgehead atoms. The number of rotatable bonds is 6. The Morgan fingerprint density at radius 3 is 2.71 bits per heavy atom. The molecule has 0 saturated carbocycles. The van der Waals surface area contributed by atoms with Gasteiger partial charge in [0.25, 0.3) is 0 Å². The molecule has 5 N–H and O–H groups in total. The van der Waals surface area contributed by atoms with Crippen LogP contribution in [0.3, 0.4) is 0 Å². The summed E-state index contributed by atoms with van der Waals surface area (Å²) in [6.07, 6.45) is -0.339. The van der Waals surface area contributed by atoms with Gasteiger partial charge in [-0.2, -0.15) is 0 Å². The molecule has 9 heteroatoms. The van der Waals surface area contributed by atoms with Gasteiger partial charge in [-0.05, 0) is 24.8 Å². The van der Waals surface area contributed by atoms with Crippen LogP contribution < -0.4 is 5.73 Å². The van der Waals surface area contributed by atoms with Crippen molar-refractivity contribution in [3.8, 4) is 0 Å². The van der Waals surface area contributed by atoms with E-state index in [0.29, 0.717) is 18.0 Å². The van der Waals surface area contributed by atoms with Crippen molar-refractivity contribution in [2.75, 3.05) is 13.3 Å². The van der Waals surface area contributed by atoms with Gasteiger partial charge in [-0.1, -0.05) is 30.3 Å². The molecule has 9 nitrogen and oxygen atoms in total. The first-order chi connectivity index (χ1) is 13.5. The summed E-state index contributed by atoms with van der Waals surface area (Å²) in [5, 5.41) is 29.6. The first-order valence-electron chi connectivity index (χ1n) is 9.42. The Hall–Kier alpha value is -2.17. The minimum absolute atomic E-state index is 0.196. The first-order valence-corrected chi connectivity index (χ1v) is 9.42. The molecule has 1 saturated heterocycles. The largest absolute Gasteiger partial charge is 0.394 e. The maximum atomic E-state index is 10.3. The van der Waals surface area contributed by atoms with Crippen LogP contribution >= 0.6 is 0 Å². The highest BCUT2D eigenvalue weighted by Gasteiger charge is 2.50. The molecule has 3 aliphatic rings. The fourth-order valence-electron chi connectivity index (χ4n) is 3.86. The normalized spacial score (nSPS) is 34.4. The van der Waals surface area contributed by atoms with E-state index in [1.54, 1.807) is 4.90 Å². The topological polar surface area (TPSA) is 136 Å². The Balaban J connectivity index is 1.44. The van der Waals surface area contributed by atoms with Gasteiger partial charge < -0.3 is 30.7 Å². The van der Waals surface area contributed by atoms with E-state index in [1.165, 1.54) is 11.9 Å². The minimum atomic E-state index is -1.18. The number of nitrogens with zero attached hydrogens (tertiary/aromatic N) is 4. The molecule has 0 aromatic heterocycles. The quantitative estimate of drug-likeness (QED) is 0.507. The van der Waals surface area contributed by atoms with Crippen LogP contribution in [0.15, 0.2) is 45.3 Å². The van der Waals surface area contributed by atoms with Crippen LogP contribution in [0.5, 0.6) is 0 Å². The van der Waals surface area contributed by atoms with Gasteiger partial charge in [-0.3, -0.25) is 4.99 Å². The number of benzene rings is 1. The standard InChI is InChI=1S/C19H25N5O4/c20-19(8-4-7-12-5-2-1-3-6-12)16-17(21-10-23-19)24(11-22-16)18-15(27)14(26)13(9-25)28-18/h1-3,5-6,10,13-15,18,25-27H,4,7-9,11,20H2/t13-,14-,15-,18-,19?/m1/s1. The van der Waals surface area contributed by atoms with Crippen LogP contribution in [0, 0.1) is 0 Å². The van der Waals surface area contributed by atoms with E-state index in [4.69, 9.17) is 10.5 Å². The van der Waals surface area contributed by atoms with Gasteiger partial charge in [0.05, 0.1) is 6.61 Å². The summed E-state index contributed by atoms with van der Waals surface area (Å²) in [5.41, 5.74) is 7.36. The predicted octanol–water partition coefficient (Wildman–Crippen LogP) is -0.742. The smallest absolute Gasteiger partial charge is 0.162 e. The molecule has 0 aliphatic carbocycles. The molecule has 0 spiro atoms. The second-order valence-electron chi connectivity index (χ2n) is 7.31. The zero-order chi connectivity index (χ0) is 19.7. The van der Waals surface area contributed by atoms with Crippen molar-refractivity contribution >= 4 is 17.9 Å². The number of amidine groups is 1. The summed E-state index contributed by atoms with van der Waals surface area (Å²) in [7, 11) is 0. The second kappa shape index (κ2) is 7.69. The summed E-state index contributed by atoms with van der Waals surface area (Å²) < 4.78 is 5.61. The van der Waals surface area contributed by atoms with E-state index in [9.17, 15) is 15.3 Å². The van der Waals surface area contributed by atoms with Crippen molar-refractivity contribution in [1.29, 1.82) is 0 Å². The summed E-state index contributed by atoms with van der Waals surface area (Å²) in [5.74, 6) is 0.493. The monoisotopic (exact) mass is 387 g/mol. The Kier molecular flexibility index (Phi) is 5.26. The van der Waals surface area contributed by atoms with Crippen LogP contribution in [-0.2, 0) is 11.2 Å². The summed E-state index contributed by atoms with van der Waals surface area (Å²) in [6.45, 7) is -0.188. The number of fused-ring (bicyclic) bond motifs is 1. The number of aliphatic hydroxyl groups is 3. The molecule has 0 amide bonds. The summed E-state index contributed by atoms with van der Waals surface area (Å²) in [6, 6.07) is 10.2. The molecule has 28 heavy (non-hydrogen) atoms. The summed E-state index contributed by atoms with van der Waals surface area (Å²) >= 11 is 0. The number of aliphatic hydroxyl groups excluding tert-OH is 3. The van der Waals surface area contributed by atoms with Crippen LogP contribution in [0.2, 0.25) is 0 Å². The third-order valence-corrected chi connectivity index (χ3v) is 5.43. The van der Waals surface area contributed by atoms with Gasteiger partial charge >= 0.3 is 0 Å². The Morgan fingerprint density at radius 1 is 1.21 bits per heavy atom. The molecule has 1 aromatic rings. The van der Waals surface area contributed by atoms with Crippen molar-refractivity contribution in [1.82, 2.24) is 4.90 Å². The number of hydrogen-bond acceptors (Lipinski definition) is 9. The lowest BCUT2D eigenvalue weighted by Crippen LogP contribution is -2.55. The maximum Gasteiger partial charge on any atom is 0.162 e. The van der Waals surface area contributed by atoms with Crippen LogP contribution in [-0.4, -0.2) is 81.6 Å². The second-order valence-corrected chi connectivity index (χ2v) is 7.31. The van der Waals surface area contributed by atoms with Crippen molar-refractivity contribution in [3.05, 3.63) is 35.9 Å². The zero-order valence-electron chi connectivity index (χ0n) is 15.4. The highest BCUT2D eigenvalue weighted by Crippen LogP contribution is 2.30. The molecule has 1 aromatic carbocycles. The lowest BCUT2D eigenvalue weighted by molar-refractivity contribution is -0.0688. The van der Waals surface area contributed by atoms with E-state index >= 15 is 0 Å². The Bertz CT molecular complexity index is 799. The van der Waals surface area contributed by atoms with E-state index in [1.807, 2.05) is 18.2 Å². The molecule has 4 rings (SSSR count). The van der Waals surface area contributed by atoms with E-state index in [0.717, 1.165) is 12.8 Å². The van der Waals surface area contributed by atoms with Crippen LogP contribution in [0.25, 0.3) is 0 Å². The van der Waals surface area contributed by atoms with Crippen LogP contribution in [0.1, 0.15) is 18.4 Å². The molecule has 1 unspecified atom stereocenters. The SMILES string of the molecule is NC1(CCCc2ccccc2)N=CN=C2C1=NCN2[C@@H]1O[C@H](CO)[C@@H](O)[C@H]1O. The highest BCUT2D eigenvalue weighted by atomic mass is 16.6. The van der Waals surface area contributed by atoms with Crippen molar-refractivity contribution < 1.29 is 20.1 Å². The average Bonchev–Trinajstić information content (AvgIpc) is 3.25. The van der Waals surface area contributed by atoms with Gasteiger partial charge in [0, 0.05) is 0 Å². The number of hydrogen-bond donors (Lipinski definition) is 4. The maximum absolute atomic E-state index is 10.3. The average molecular weight is 387 g/mol. The third-order valence-electron chi connectivity index (χ3n) is 5.43. The molecular formula is C19H25N5O4. The summed E-state index contributed by atoms with van der Waals surface area (Å²) in [4.78, 5) is 14.8. The Labute approximate surface area is 162 Å². The van der Waals surface area contributed by atoms with Gasteiger partial charge in [0.15, 0.2) is 17.7 Å². The molecule has 0 radical (unpaired) electrons. The number of ether oxygens (including phenoxy) is 1. The number of nitrogens with two attached hydrogens (primary N) is 1.